The molecule has 1 saturated heterocycles. The smallest absolute Gasteiger partial charge is 0.261 e. The van der Waals surface area contributed by atoms with Gasteiger partial charge in [-0.3, -0.25) is 19.4 Å². The van der Waals surface area contributed by atoms with Gasteiger partial charge in [-0.1, -0.05) is 56.3 Å². The first-order chi connectivity index (χ1) is 13.6. The molecule has 2 aliphatic heterocycles. The molecular formula is C23H26N2O3. The second kappa shape index (κ2) is 7.86. The molecule has 146 valence electrons. The Kier molecular flexibility index (Phi) is 5.29. The van der Waals surface area contributed by atoms with E-state index in [1.807, 2.05) is 42.5 Å². The number of benzene rings is 2. The third-order valence-corrected chi connectivity index (χ3v) is 5.81. The minimum atomic E-state index is -0.164. The van der Waals surface area contributed by atoms with Gasteiger partial charge < -0.3 is 4.74 Å². The maximum absolute atomic E-state index is 12.9. The highest BCUT2D eigenvalue weighted by molar-refractivity contribution is 6.21. The number of likely N-dealkylation sites (tertiary alicyclic amines) is 1. The van der Waals surface area contributed by atoms with Crippen LogP contribution in [0.4, 0.5) is 0 Å². The van der Waals surface area contributed by atoms with Crippen molar-refractivity contribution in [3.63, 3.8) is 0 Å². The molecule has 4 rings (SSSR count). The van der Waals surface area contributed by atoms with E-state index in [4.69, 9.17) is 4.74 Å². The summed E-state index contributed by atoms with van der Waals surface area (Å²) < 4.78 is 5.90. The molecule has 5 heteroatoms. The van der Waals surface area contributed by atoms with Gasteiger partial charge in [0.05, 0.1) is 30.5 Å². The fourth-order valence-electron chi connectivity index (χ4n) is 4.30. The van der Waals surface area contributed by atoms with Gasteiger partial charge >= 0.3 is 0 Å². The van der Waals surface area contributed by atoms with Gasteiger partial charge in [0.25, 0.3) is 11.8 Å². The van der Waals surface area contributed by atoms with E-state index in [0.29, 0.717) is 36.9 Å². The van der Waals surface area contributed by atoms with E-state index in [9.17, 15) is 9.59 Å². The highest BCUT2D eigenvalue weighted by Crippen LogP contribution is 2.34. The average Bonchev–Trinajstić information content (AvgIpc) is 3.22. The molecule has 0 aliphatic carbocycles. The number of fused-ring (bicyclic) bond motifs is 1. The summed E-state index contributed by atoms with van der Waals surface area (Å²) in [6, 6.07) is 17.1. The molecule has 2 heterocycles. The number of carbonyl (C=O) groups excluding carboxylic acids is 2. The zero-order valence-electron chi connectivity index (χ0n) is 16.4. The van der Waals surface area contributed by atoms with E-state index in [2.05, 4.69) is 18.7 Å². The van der Waals surface area contributed by atoms with E-state index in [1.54, 1.807) is 12.1 Å². The fourth-order valence-corrected chi connectivity index (χ4v) is 4.30. The number of nitrogens with zero attached hydrogens (tertiary/aromatic N) is 2. The van der Waals surface area contributed by atoms with Crippen LogP contribution in [-0.2, 0) is 11.3 Å². The van der Waals surface area contributed by atoms with Crippen molar-refractivity contribution < 1.29 is 14.3 Å². The van der Waals surface area contributed by atoms with Crippen molar-refractivity contribution in [2.75, 3.05) is 19.8 Å². The molecule has 2 aliphatic rings. The van der Waals surface area contributed by atoms with Gasteiger partial charge in [-0.2, -0.15) is 0 Å². The van der Waals surface area contributed by atoms with Gasteiger partial charge in [-0.05, 0) is 29.5 Å². The number of hydrogen-bond donors (Lipinski definition) is 0. The molecule has 0 aromatic heterocycles. The predicted molar refractivity (Wildman–Crippen MR) is 107 cm³/mol. The van der Waals surface area contributed by atoms with Crippen LogP contribution < -0.4 is 0 Å². The molecule has 0 unspecified atom stereocenters. The van der Waals surface area contributed by atoms with Gasteiger partial charge in [0.15, 0.2) is 0 Å². The molecule has 0 N–H and O–H groups in total. The number of carbonyl (C=O) groups is 2. The Hall–Kier alpha value is -2.50. The van der Waals surface area contributed by atoms with Crippen molar-refractivity contribution in [3.8, 4) is 0 Å². The zero-order chi connectivity index (χ0) is 19.7. The molecule has 2 aromatic carbocycles. The lowest BCUT2D eigenvalue weighted by molar-refractivity contribution is 0.0258. The van der Waals surface area contributed by atoms with Crippen LogP contribution in [0.25, 0.3) is 0 Å². The molecule has 0 spiro atoms. The second-order valence-electron chi connectivity index (χ2n) is 8.00. The standard InChI is InChI=1S/C23H26N2O3/c1-16(2)20-12-24(15-28-14-17-8-4-3-5-9-17)13-21(20)25-22(26)18-10-6-7-11-19(18)23(25)27/h3-11,16,20-21H,12-15H2,1-2H3/t20-,21-/m0/s1. The molecule has 0 saturated carbocycles. The predicted octanol–water partition coefficient (Wildman–Crippen LogP) is 3.41. The summed E-state index contributed by atoms with van der Waals surface area (Å²) in [4.78, 5) is 29.5. The van der Waals surface area contributed by atoms with Crippen LogP contribution in [-0.4, -0.2) is 47.5 Å². The Balaban J connectivity index is 1.45. The molecule has 0 radical (unpaired) electrons. The number of amides is 2. The summed E-state index contributed by atoms with van der Waals surface area (Å²) in [5.74, 6) is 0.280. The molecule has 2 aromatic rings. The molecule has 2 atom stereocenters. The minimum Gasteiger partial charge on any atom is -0.361 e. The van der Waals surface area contributed by atoms with Crippen LogP contribution in [0, 0.1) is 11.8 Å². The van der Waals surface area contributed by atoms with Crippen LogP contribution in [0.15, 0.2) is 54.6 Å². The van der Waals surface area contributed by atoms with Gasteiger partial charge in [0.2, 0.25) is 0 Å². The number of imide groups is 1. The third kappa shape index (κ3) is 3.48. The fraction of sp³-hybridized carbons (Fsp3) is 0.391. The third-order valence-electron chi connectivity index (χ3n) is 5.81. The normalized spacial score (nSPS) is 22.3. The average molecular weight is 378 g/mol. The highest BCUT2D eigenvalue weighted by Gasteiger charge is 2.47. The minimum absolute atomic E-state index is 0.118. The van der Waals surface area contributed by atoms with Crippen LogP contribution >= 0.6 is 0 Å². The van der Waals surface area contributed by atoms with E-state index in [0.717, 1.165) is 12.1 Å². The number of hydrogen-bond acceptors (Lipinski definition) is 4. The van der Waals surface area contributed by atoms with Crippen molar-refractivity contribution in [1.82, 2.24) is 9.80 Å². The lowest BCUT2D eigenvalue weighted by Crippen LogP contribution is -2.45. The van der Waals surface area contributed by atoms with Crippen molar-refractivity contribution in [3.05, 3.63) is 71.3 Å². The monoisotopic (exact) mass is 378 g/mol. The molecular weight excluding hydrogens is 352 g/mol. The molecule has 5 nitrogen and oxygen atoms in total. The molecule has 0 bridgehead atoms. The number of ether oxygens (including phenoxy) is 1. The quantitative estimate of drug-likeness (QED) is 0.723. The molecule has 1 fully saturated rings. The van der Waals surface area contributed by atoms with E-state index in [-0.39, 0.29) is 23.8 Å². The van der Waals surface area contributed by atoms with Gasteiger partial charge in [0.1, 0.15) is 0 Å². The van der Waals surface area contributed by atoms with Crippen LogP contribution in [0.2, 0.25) is 0 Å². The summed E-state index contributed by atoms with van der Waals surface area (Å²) in [5.41, 5.74) is 2.18. The Morgan fingerprint density at radius 3 is 2.14 bits per heavy atom. The first kappa shape index (κ1) is 18.8. The van der Waals surface area contributed by atoms with Crippen LogP contribution in [0.5, 0.6) is 0 Å². The summed E-state index contributed by atoms with van der Waals surface area (Å²) in [7, 11) is 0. The summed E-state index contributed by atoms with van der Waals surface area (Å²) >= 11 is 0. The van der Waals surface area contributed by atoms with Gasteiger partial charge in [0, 0.05) is 13.1 Å². The summed E-state index contributed by atoms with van der Waals surface area (Å²) in [6.45, 7) is 6.85. The van der Waals surface area contributed by atoms with Crippen molar-refractivity contribution >= 4 is 11.8 Å². The highest BCUT2D eigenvalue weighted by atomic mass is 16.5. The van der Waals surface area contributed by atoms with Crippen LogP contribution in [0.1, 0.15) is 40.1 Å². The largest absolute Gasteiger partial charge is 0.361 e. The van der Waals surface area contributed by atoms with Gasteiger partial charge in [-0.25, -0.2) is 0 Å². The molecule has 2 amide bonds. The van der Waals surface area contributed by atoms with E-state index in [1.165, 1.54) is 4.90 Å². The first-order valence-corrected chi connectivity index (χ1v) is 9.87. The Labute approximate surface area is 165 Å². The van der Waals surface area contributed by atoms with Crippen molar-refractivity contribution in [1.29, 1.82) is 0 Å². The van der Waals surface area contributed by atoms with E-state index >= 15 is 0 Å². The molecule has 28 heavy (non-hydrogen) atoms. The zero-order valence-corrected chi connectivity index (χ0v) is 16.4. The van der Waals surface area contributed by atoms with Crippen molar-refractivity contribution in [2.45, 2.75) is 26.5 Å². The maximum atomic E-state index is 12.9. The first-order valence-electron chi connectivity index (χ1n) is 9.87. The maximum Gasteiger partial charge on any atom is 0.261 e. The Morgan fingerprint density at radius 2 is 1.54 bits per heavy atom. The van der Waals surface area contributed by atoms with Crippen molar-refractivity contribution in [2.24, 2.45) is 11.8 Å². The number of rotatable bonds is 6. The lowest BCUT2D eigenvalue weighted by atomic mass is 9.90. The van der Waals surface area contributed by atoms with Crippen LogP contribution in [0.3, 0.4) is 0 Å². The summed E-state index contributed by atoms with van der Waals surface area (Å²) in [6.07, 6.45) is 0. The Bertz CT molecular complexity index is 830. The second-order valence-corrected chi connectivity index (χ2v) is 8.00. The lowest BCUT2D eigenvalue weighted by Gasteiger charge is -2.29. The topological polar surface area (TPSA) is 49.9 Å². The summed E-state index contributed by atoms with van der Waals surface area (Å²) in [5, 5.41) is 0. The SMILES string of the molecule is CC(C)[C@@H]1CN(COCc2ccccc2)C[C@@H]1N1C(=O)c2ccccc2C1=O. The Morgan fingerprint density at radius 1 is 0.929 bits per heavy atom. The van der Waals surface area contributed by atoms with Gasteiger partial charge in [-0.15, -0.1) is 0 Å². The van der Waals surface area contributed by atoms with E-state index < -0.39 is 0 Å².